The van der Waals surface area contributed by atoms with Gasteiger partial charge in [0.2, 0.25) is 11.8 Å². The molecule has 2 N–H and O–H groups in total. The molecule has 1 unspecified atom stereocenters. The van der Waals surface area contributed by atoms with Crippen LogP contribution in [0, 0.1) is 5.41 Å². The third-order valence-electron chi connectivity index (χ3n) is 5.43. The van der Waals surface area contributed by atoms with Crippen molar-refractivity contribution in [3.05, 3.63) is 0 Å². The fourth-order valence-corrected chi connectivity index (χ4v) is 3.81. The van der Waals surface area contributed by atoms with E-state index in [2.05, 4.69) is 10.6 Å². The van der Waals surface area contributed by atoms with Gasteiger partial charge < -0.3 is 15.5 Å². The van der Waals surface area contributed by atoms with Crippen LogP contribution in [0.5, 0.6) is 0 Å². The van der Waals surface area contributed by atoms with Crippen molar-refractivity contribution in [2.75, 3.05) is 27.2 Å². The van der Waals surface area contributed by atoms with Crippen LogP contribution in [0.1, 0.15) is 51.9 Å². The summed E-state index contributed by atoms with van der Waals surface area (Å²) in [6.07, 6.45) is 7.15. The van der Waals surface area contributed by atoms with Crippen molar-refractivity contribution in [3.8, 4) is 0 Å². The van der Waals surface area contributed by atoms with Gasteiger partial charge in [-0.2, -0.15) is 0 Å². The van der Waals surface area contributed by atoms with Crippen molar-refractivity contribution in [2.45, 2.75) is 57.4 Å². The van der Waals surface area contributed by atoms with E-state index in [1.165, 1.54) is 19.3 Å². The van der Waals surface area contributed by atoms with Gasteiger partial charge in [0.05, 0.1) is 5.41 Å². The Morgan fingerprint density at radius 1 is 1.10 bits per heavy atom. The van der Waals surface area contributed by atoms with Crippen LogP contribution in [0.2, 0.25) is 0 Å². The van der Waals surface area contributed by atoms with Crippen molar-refractivity contribution in [1.82, 2.24) is 15.5 Å². The van der Waals surface area contributed by atoms with Gasteiger partial charge in [-0.15, -0.1) is 0 Å². The Bertz CT molecular complexity index is 404. The molecule has 0 aromatic carbocycles. The monoisotopic (exact) mass is 295 g/mol. The topological polar surface area (TPSA) is 61.4 Å². The third kappa shape index (κ3) is 3.39. The molecule has 1 heterocycles. The summed E-state index contributed by atoms with van der Waals surface area (Å²) in [5.41, 5.74) is -0.453. The summed E-state index contributed by atoms with van der Waals surface area (Å²) >= 11 is 0. The second-order valence-electron chi connectivity index (χ2n) is 6.97. The molecule has 120 valence electrons. The molecule has 5 heteroatoms. The molecule has 2 aliphatic rings. The highest BCUT2D eigenvalue weighted by atomic mass is 16.2. The zero-order chi connectivity index (χ0) is 15.5. The number of hydrogen-bond donors (Lipinski definition) is 2. The number of nitrogens with zero attached hydrogens (tertiary/aromatic N) is 1. The highest BCUT2D eigenvalue weighted by molar-refractivity contribution is 5.85. The molecule has 1 atom stereocenters. The number of nitrogens with one attached hydrogen (secondary N) is 2. The van der Waals surface area contributed by atoms with Gasteiger partial charge in [0.1, 0.15) is 0 Å². The number of rotatable bonds is 4. The average Bonchev–Trinajstić information content (AvgIpc) is 2.91. The van der Waals surface area contributed by atoms with Gasteiger partial charge in [-0.05, 0) is 33.2 Å². The largest absolute Gasteiger partial charge is 0.359 e. The van der Waals surface area contributed by atoms with Crippen LogP contribution in [0.4, 0.5) is 0 Å². The van der Waals surface area contributed by atoms with E-state index in [1.54, 1.807) is 7.05 Å². The quantitative estimate of drug-likeness (QED) is 0.821. The van der Waals surface area contributed by atoms with Gasteiger partial charge in [0, 0.05) is 32.1 Å². The molecule has 0 bridgehead atoms. The smallest absolute Gasteiger partial charge is 0.227 e. The van der Waals surface area contributed by atoms with Gasteiger partial charge >= 0.3 is 0 Å². The Morgan fingerprint density at radius 2 is 1.76 bits per heavy atom. The van der Waals surface area contributed by atoms with Crippen LogP contribution in [-0.4, -0.2) is 49.4 Å². The summed E-state index contributed by atoms with van der Waals surface area (Å²) in [6, 6.07) is 0. The van der Waals surface area contributed by atoms with E-state index < -0.39 is 5.41 Å². The second-order valence-corrected chi connectivity index (χ2v) is 6.97. The SMILES string of the molecule is CNC(=O)C1(C)CCN(C(=O)CC2(NC)CCCCC2)C1. The lowest BCUT2D eigenvalue weighted by Crippen LogP contribution is -2.49. The number of carbonyl (C=O) groups excluding carboxylic acids is 2. The van der Waals surface area contributed by atoms with Crippen molar-refractivity contribution < 1.29 is 9.59 Å². The molecule has 0 radical (unpaired) electrons. The molecule has 1 aliphatic heterocycles. The molecule has 1 saturated carbocycles. The van der Waals surface area contributed by atoms with E-state index in [1.807, 2.05) is 18.9 Å². The Kier molecular flexibility index (Phi) is 4.91. The molecule has 2 rings (SSSR count). The van der Waals surface area contributed by atoms with E-state index in [0.717, 1.165) is 19.3 Å². The highest BCUT2D eigenvalue weighted by Gasteiger charge is 2.43. The number of hydrogen-bond acceptors (Lipinski definition) is 3. The molecule has 2 fully saturated rings. The predicted molar refractivity (Wildman–Crippen MR) is 82.9 cm³/mol. The van der Waals surface area contributed by atoms with Gasteiger partial charge in [-0.1, -0.05) is 19.3 Å². The first-order valence-corrected chi connectivity index (χ1v) is 8.14. The summed E-state index contributed by atoms with van der Waals surface area (Å²) in [7, 11) is 3.63. The molecule has 0 spiro atoms. The van der Waals surface area contributed by atoms with Crippen molar-refractivity contribution in [3.63, 3.8) is 0 Å². The minimum Gasteiger partial charge on any atom is -0.359 e. The van der Waals surface area contributed by atoms with E-state index in [4.69, 9.17) is 0 Å². The Labute approximate surface area is 127 Å². The normalized spacial score (nSPS) is 28.4. The minimum absolute atomic E-state index is 0.0264. The Balaban J connectivity index is 1.97. The maximum Gasteiger partial charge on any atom is 0.227 e. The summed E-state index contributed by atoms with van der Waals surface area (Å²) in [6.45, 7) is 3.20. The standard InChI is InChI=1S/C16H29N3O2/c1-15(14(21)17-2)9-10-19(12-15)13(20)11-16(18-3)7-5-4-6-8-16/h18H,4-12H2,1-3H3,(H,17,21). The van der Waals surface area contributed by atoms with Crippen LogP contribution in [-0.2, 0) is 9.59 Å². The molecule has 21 heavy (non-hydrogen) atoms. The number of amides is 2. The highest BCUT2D eigenvalue weighted by Crippen LogP contribution is 2.34. The Hall–Kier alpha value is -1.10. The molecule has 1 aliphatic carbocycles. The first-order valence-electron chi connectivity index (χ1n) is 8.14. The van der Waals surface area contributed by atoms with E-state index >= 15 is 0 Å². The van der Waals surface area contributed by atoms with Gasteiger partial charge in [-0.3, -0.25) is 9.59 Å². The molecule has 2 amide bonds. The minimum atomic E-state index is -0.427. The second kappa shape index (κ2) is 6.34. The lowest BCUT2D eigenvalue weighted by molar-refractivity contribution is -0.133. The van der Waals surface area contributed by atoms with Gasteiger partial charge in [0.25, 0.3) is 0 Å². The summed E-state index contributed by atoms with van der Waals surface area (Å²) in [5, 5.41) is 6.12. The summed E-state index contributed by atoms with van der Waals surface area (Å²) in [4.78, 5) is 26.5. The lowest BCUT2D eigenvalue weighted by Gasteiger charge is -2.37. The van der Waals surface area contributed by atoms with E-state index in [9.17, 15) is 9.59 Å². The number of carbonyl (C=O) groups is 2. The summed E-state index contributed by atoms with van der Waals surface area (Å²) in [5.74, 6) is 0.234. The van der Waals surface area contributed by atoms with Gasteiger partial charge in [-0.25, -0.2) is 0 Å². The Morgan fingerprint density at radius 3 is 2.33 bits per heavy atom. The first kappa shape index (κ1) is 16.3. The fourth-order valence-electron chi connectivity index (χ4n) is 3.81. The molecule has 1 saturated heterocycles. The van der Waals surface area contributed by atoms with Crippen LogP contribution in [0.3, 0.4) is 0 Å². The van der Waals surface area contributed by atoms with Crippen LogP contribution < -0.4 is 10.6 Å². The van der Waals surface area contributed by atoms with Crippen LogP contribution in [0.15, 0.2) is 0 Å². The molecule has 0 aromatic rings. The summed E-state index contributed by atoms with van der Waals surface area (Å²) < 4.78 is 0. The lowest BCUT2D eigenvalue weighted by atomic mass is 9.79. The molecular weight excluding hydrogens is 266 g/mol. The molecule has 5 nitrogen and oxygen atoms in total. The van der Waals surface area contributed by atoms with Crippen molar-refractivity contribution in [1.29, 1.82) is 0 Å². The zero-order valence-corrected chi connectivity index (χ0v) is 13.6. The van der Waals surface area contributed by atoms with Crippen LogP contribution >= 0.6 is 0 Å². The van der Waals surface area contributed by atoms with Crippen LogP contribution in [0.25, 0.3) is 0 Å². The number of likely N-dealkylation sites (tertiary alicyclic amines) is 1. The van der Waals surface area contributed by atoms with E-state index in [0.29, 0.717) is 19.5 Å². The predicted octanol–water partition coefficient (Wildman–Crippen LogP) is 1.28. The van der Waals surface area contributed by atoms with Crippen molar-refractivity contribution >= 4 is 11.8 Å². The zero-order valence-electron chi connectivity index (χ0n) is 13.6. The third-order valence-corrected chi connectivity index (χ3v) is 5.43. The fraction of sp³-hybridized carbons (Fsp3) is 0.875. The van der Waals surface area contributed by atoms with Crippen molar-refractivity contribution in [2.24, 2.45) is 5.41 Å². The average molecular weight is 295 g/mol. The maximum absolute atomic E-state index is 12.6. The first-order chi connectivity index (χ1) is 9.95. The van der Waals surface area contributed by atoms with Gasteiger partial charge in [0.15, 0.2) is 0 Å². The molecular formula is C16H29N3O2. The maximum atomic E-state index is 12.6. The van der Waals surface area contributed by atoms with E-state index in [-0.39, 0.29) is 17.4 Å². The molecule has 0 aromatic heterocycles.